The Morgan fingerprint density at radius 1 is 0.379 bits per heavy atom. The highest BCUT2D eigenvalue weighted by Gasteiger charge is 2.59. The quantitative estimate of drug-likeness (QED) is 0.0946. The van der Waals surface area contributed by atoms with Crippen molar-refractivity contribution in [1.29, 1.82) is 0 Å². The molecule has 18 N–H and O–H groups in total. The number of benzene rings is 2. The second kappa shape index (κ2) is 29.2. The zero-order valence-corrected chi connectivity index (χ0v) is 46.5. The first kappa shape index (κ1) is 67.6. The molecule has 0 spiro atoms. The Balaban J connectivity index is 0.000000359. The molecule has 0 aliphatic carbocycles. The van der Waals surface area contributed by atoms with Crippen molar-refractivity contribution in [2.45, 2.75) is 204 Å². The van der Waals surface area contributed by atoms with Gasteiger partial charge in [0.1, 0.15) is 164 Å². The lowest BCUT2D eigenvalue weighted by Gasteiger charge is -2.50. The number of fused-ring (bicyclic) bond motifs is 1. The van der Waals surface area contributed by atoms with Gasteiger partial charge in [-0.2, -0.15) is 0 Å². The van der Waals surface area contributed by atoms with Crippen LogP contribution in [-0.2, 0) is 56.8 Å². The van der Waals surface area contributed by atoms with E-state index in [9.17, 15) is 96.7 Å². The van der Waals surface area contributed by atoms with E-state index in [2.05, 4.69) is 0 Å². The zero-order valence-electron chi connectivity index (χ0n) is 46.5. The minimum Gasteiger partial charge on any atom is -0.491 e. The molecule has 0 unspecified atom stereocenters. The Morgan fingerprint density at radius 3 is 0.908 bits per heavy atom. The van der Waals surface area contributed by atoms with Gasteiger partial charge in [-0.15, -0.1) is 0 Å². The predicted octanol–water partition coefficient (Wildman–Crippen LogP) is -8.81. The van der Waals surface area contributed by atoms with E-state index in [0.29, 0.717) is 22.3 Å². The topological polar surface area (TPSA) is 514 Å². The Labute approximate surface area is 493 Å². The van der Waals surface area contributed by atoms with E-state index in [4.69, 9.17) is 66.0 Å². The molecule has 22 fully saturated rings. The summed E-state index contributed by atoms with van der Waals surface area (Å²) < 4.78 is 79.1. The van der Waals surface area contributed by atoms with Crippen LogP contribution in [-0.4, -0.2) is 322 Å². The van der Waals surface area contributed by atoms with Crippen LogP contribution in [0.4, 0.5) is 0 Å². The molecule has 0 amide bonds. The molecule has 23 heterocycles. The summed E-state index contributed by atoms with van der Waals surface area (Å²) >= 11 is 0. The molecule has 2 aromatic carbocycles. The highest BCUT2D eigenvalue weighted by Crippen LogP contribution is 2.38. The van der Waals surface area contributed by atoms with Gasteiger partial charge in [-0.25, -0.2) is 0 Å². The molecule has 12 bridgehead atoms. The molecule has 33 heteroatoms. The molecule has 33 nitrogen and oxygen atoms in total. The van der Waals surface area contributed by atoms with Gasteiger partial charge < -0.3 is 158 Å². The molecule has 30 atom stereocenters. The van der Waals surface area contributed by atoms with Crippen molar-refractivity contribution in [3.05, 3.63) is 65.0 Å². The van der Waals surface area contributed by atoms with E-state index in [1.54, 1.807) is 18.2 Å². The van der Waals surface area contributed by atoms with Gasteiger partial charge >= 0.3 is 0 Å². The molecule has 22 aliphatic heterocycles. The number of ether oxygens (including phenoxy) is 13. The van der Waals surface area contributed by atoms with Crippen LogP contribution in [0, 0.1) is 0 Å². The van der Waals surface area contributed by atoms with Crippen molar-refractivity contribution < 1.29 is 158 Å². The summed E-state index contributed by atoms with van der Waals surface area (Å²) in [5.74, 6) is 0.702. The molecular formula is C54H76O33. The fourth-order valence-corrected chi connectivity index (χ4v) is 11.2. The van der Waals surface area contributed by atoms with E-state index in [1.165, 1.54) is 6.26 Å². The summed E-state index contributed by atoms with van der Waals surface area (Å²) in [6, 6.07) is 14.8. The van der Waals surface area contributed by atoms with Crippen molar-refractivity contribution in [1.82, 2.24) is 0 Å². The van der Waals surface area contributed by atoms with Gasteiger partial charge in [-0.1, -0.05) is 30.3 Å². The van der Waals surface area contributed by atoms with Crippen molar-refractivity contribution in [2.75, 3.05) is 39.6 Å². The van der Waals surface area contributed by atoms with Crippen LogP contribution in [0.5, 0.6) is 5.75 Å². The maximum atomic E-state index is 12.6. The van der Waals surface area contributed by atoms with Crippen LogP contribution in [0.1, 0.15) is 13.8 Å². The van der Waals surface area contributed by atoms with E-state index in [0.717, 1.165) is 5.56 Å². The summed E-state index contributed by atoms with van der Waals surface area (Å²) in [5, 5.41) is 196. The fourth-order valence-electron chi connectivity index (χ4n) is 11.2. The highest BCUT2D eigenvalue weighted by atomic mass is 16.8. The van der Waals surface area contributed by atoms with Gasteiger partial charge in [0.25, 0.3) is 0 Å². The second-order valence-corrected chi connectivity index (χ2v) is 22.0. The van der Waals surface area contributed by atoms with Crippen LogP contribution in [0.2, 0.25) is 0 Å². The lowest BCUT2D eigenvalue weighted by Crippen LogP contribution is -2.69. The Kier molecular flexibility index (Phi) is 22.7. The van der Waals surface area contributed by atoms with Gasteiger partial charge in [0.2, 0.25) is 0 Å². The molecular weight excluding hydrogens is 1180 g/mol. The molecule has 25 rings (SSSR count). The number of hydrogen-bond acceptors (Lipinski definition) is 33. The summed E-state index contributed by atoms with van der Waals surface area (Å²) in [6.07, 6.45) is -56.9. The Bertz CT molecular complexity index is 2400. The van der Waals surface area contributed by atoms with Gasteiger partial charge in [0, 0.05) is 6.07 Å². The van der Waals surface area contributed by atoms with E-state index in [1.807, 2.05) is 44.2 Å². The number of hydrogen-bond donors (Lipinski definition) is 18. The standard InChI is InChI=1S/C36H60O30.C18H16O3/c37-1-7-25-13(43)19(49)31(55-7)62-26-8(2-38)57-33(21(51)15(26)45)64-28-10(4-40)59-35(23(53)17(28)47)66-30-12(6-42)60-36(24(54)18(30)48)65-29-11(5-41)58-34(22(52)16(29)46)63-27-9(3-39)56-32(61-25)20(50)14(27)44;1-12(2)21-14-8-9-15-17(10-14)20-11-16(18(15)19)13-6-4-3-5-7-13/h7-54H,1-6H2;3-12H,1-2H3/t7-,8-,9-,10-,11-,12-,13-,14-,15-,16-,17-,18-,19-,20-,21-,22-,23-,24-,25-,26-,27-,28-,29-,30-,31-,32-,33-,34-,35-,36-;/m1./s1. The van der Waals surface area contributed by atoms with E-state index < -0.39 is 224 Å². The zero-order chi connectivity index (χ0) is 62.9. The molecule has 0 radical (unpaired) electrons. The van der Waals surface area contributed by atoms with Crippen molar-refractivity contribution >= 4 is 11.0 Å². The van der Waals surface area contributed by atoms with Gasteiger partial charge in [-0.05, 0) is 31.5 Å². The smallest absolute Gasteiger partial charge is 0.200 e. The second-order valence-electron chi connectivity index (χ2n) is 22.0. The molecule has 22 saturated heterocycles. The first-order valence-corrected chi connectivity index (χ1v) is 28.0. The average molecular weight is 1250 g/mol. The Morgan fingerprint density at radius 2 is 0.655 bits per heavy atom. The number of aliphatic hydroxyl groups is 18. The summed E-state index contributed by atoms with van der Waals surface area (Å²) in [7, 11) is 0. The average Bonchev–Trinajstić information content (AvgIpc) is 2.00. The van der Waals surface area contributed by atoms with Crippen LogP contribution >= 0.6 is 0 Å². The van der Waals surface area contributed by atoms with Crippen molar-refractivity contribution in [3.63, 3.8) is 0 Å². The largest absolute Gasteiger partial charge is 0.491 e. The minimum absolute atomic E-state index is 0.0291. The lowest BCUT2D eigenvalue weighted by atomic mass is 9.94. The van der Waals surface area contributed by atoms with Crippen molar-refractivity contribution in [3.8, 4) is 16.9 Å². The van der Waals surface area contributed by atoms with E-state index >= 15 is 0 Å². The third kappa shape index (κ3) is 14.0. The lowest BCUT2D eigenvalue weighted by molar-refractivity contribution is -0.404. The fraction of sp³-hybridized carbons (Fsp3) is 0.722. The maximum Gasteiger partial charge on any atom is 0.200 e. The first-order valence-electron chi connectivity index (χ1n) is 28.0. The number of rotatable bonds is 9. The summed E-state index contributed by atoms with van der Waals surface area (Å²) in [6.45, 7) is -2.08. The van der Waals surface area contributed by atoms with Crippen LogP contribution in [0.25, 0.3) is 22.1 Å². The van der Waals surface area contributed by atoms with Gasteiger partial charge in [0.15, 0.2) is 43.2 Å². The SMILES string of the molecule is CC(C)Oc1ccc2c(=O)c(-c3ccccc3)coc2c1.OC[C@H]1O[C@@H]2O[C@H]3[C@H](O)[C@@H](O)[C@@H](O[C@H]4[C@H](O)[C@@H](O)[C@@H](O[C@H]5[C@H](O)[C@@H](O)[C@@H](O[C@H]6[C@H](O)[C@@H](O)[C@@H](O[C@H]7[C@H](O)[C@@H](O)[C@@H](O[C@H]1[C@H](O)[C@H]2O)O[C@@H]7CO)O[C@@H]6CO)O[C@@H]5CO)O[C@@H]4CO)O[C@@H]3CO. The van der Waals surface area contributed by atoms with Crippen LogP contribution in [0.3, 0.4) is 0 Å². The molecule has 87 heavy (non-hydrogen) atoms. The molecule has 3 aromatic rings. The normalized spacial score (nSPS) is 44.7. The third-order valence-corrected chi connectivity index (χ3v) is 15.9. The Hall–Kier alpha value is -3.75. The number of aliphatic hydroxyl groups excluding tert-OH is 18. The molecule has 22 aliphatic rings. The first-order chi connectivity index (χ1) is 41.6. The highest BCUT2D eigenvalue weighted by molar-refractivity contribution is 5.82. The van der Waals surface area contributed by atoms with Crippen LogP contribution < -0.4 is 10.2 Å². The molecule has 490 valence electrons. The van der Waals surface area contributed by atoms with E-state index in [-0.39, 0.29) is 11.5 Å². The monoisotopic (exact) mass is 1250 g/mol. The van der Waals surface area contributed by atoms with Gasteiger partial charge in [0.05, 0.1) is 56.7 Å². The molecule has 1 aromatic heterocycles. The third-order valence-electron chi connectivity index (χ3n) is 15.9. The van der Waals surface area contributed by atoms with Gasteiger partial charge in [-0.3, -0.25) is 4.79 Å². The van der Waals surface area contributed by atoms with Crippen LogP contribution in [0.15, 0.2) is 64.0 Å². The minimum atomic E-state index is -2.15. The molecule has 0 saturated carbocycles. The predicted molar refractivity (Wildman–Crippen MR) is 279 cm³/mol. The van der Waals surface area contributed by atoms with Crippen molar-refractivity contribution in [2.24, 2.45) is 0 Å². The summed E-state index contributed by atoms with van der Waals surface area (Å²) in [5.41, 5.74) is 1.94. The summed E-state index contributed by atoms with van der Waals surface area (Å²) in [4.78, 5) is 12.6. The maximum absolute atomic E-state index is 12.6.